The topological polar surface area (TPSA) is 115 Å². The fraction of sp³-hybridized carbons (Fsp3) is 0.536. The van der Waals surface area contributed by atoms with Crippen LogP contribution in [-0.2, 0) is 11.3 Å². The summed E-state index contributed by atoms with van der Waals surface area (Å²) in [6.07, 6.45) is 6.73. The number of halogens is 3. The molecule has 6 rings (SSSR count). The fourth-order valence-electron chi connectivity index (χ4n) is 5.96. The number of H-pyrrole nitrogens is 1. The van der Waals surface area contributed by atoms with Crippen molar-refractivity contribution in [3.05, 3.63) is 40.1 Å². The molecule has 4 aromatic rings. The molecule has 1 atom stereocenters. The highest BCUT2D eigenvalue weighted by atomic mass is 35.5. The second-order valence-corrected chi connectivity index (χ2v) is 11.9. The molecule has 10 nitrogen and oxygen atoms in total. The van der Waals surface area contributed by atoms with Crippen molar-refractivity contribution in [1.82, 2.24) is 29.7 Å². The van der Waals surface area contributed by atoms with Crippen LogP contribution < -0.4 is 10.7 Å². The Labute approximate surface area is 240 Å². The number of hydrogen-bond donors (Lipinski definition) is 1. The Morgan fingerprint density at radius 2 is 1.98 bits per heavy atom. The molecule has 0 bridgehead atoms. The lowest BCUT2D eigenvalue weighted by Crippen LogP contribution is -2.45. The summed E-state index contributed by atoms with van der Waals surface area (Å²) in [5.41, 5.74) is 3.01. The first-order valence-corrected chi connectivity index (χ1v) is 14.3. The van der Waals surface area contributed by atoms with Gasteiger partial charge >= 0.3 is 5.76 Å². The van der Waals surface area contributed by atoms with Gasteiger partial charge in [-0.3, -0.25) is 14.5 Å². The molecular weight excluding hydrogens is 556 g/mol. The third kappa shape index (κ3) is 6.13. The van der Waals surface area contributed by atoms with Gasteiger partial charge in [-0.25, -0.2) is 23.5 Å². The molecule has 2 aliphatic rings. The van der Waals surface area contributed by atoms with Gasteiger partial charge < -0.3 is 14.2 Å². The molecule has 218 valence electrons. The van der Waals surface area contributed by atoms with Crippen molar-refractivity contribution in [2.24, 2.45) is 11.8 Å². The standard InChI is InChI=1S/C28H32ClF2N7O3/c1-16-3-5-17(6-4-16)14-38-24-21(34-26(38)37-7-8-40-20(15-37)11-28(2,30)31)10-22(25-35-27(39)41-36-25)33-23(24)18-9-19(29)13-32-12-18/h9-10,12-13,16-17,20H,3-8,11,14-15H2,1-2H3,(H,35,36,39)/t16?,17?,20-/m1/s1. The summed E-state index contributed by atoms with van der Waals surface area (Å²) in [4.78, 5) is 30.5. The molecule has 0 radical (unpaired) electrons. The lowest BCUT2D eigenvalue weighted by molar-refractivity contribution is -0.0571. The van der Waals surface area contributed by atoms with Gasteiger partial charge in [0.05, 0.1) is 34.5 Å². The van der Waals surface area contributed by atoms with Crippen LogP contribution in [0.25, 0.3) is 33.8 Å². The minimum absolute atomic E-state index is 0.169. The van der Waals surface area contributed by atoms with Gasteiger partial charge in [0.25, 0.3) is 0 Å². The van der Waals surface area contributed by atoms with Gasteiger partial charge in [0.15, 0.2) is 0 Å². The number of ether oxygens (including phenoxy) is 1. The molecule has 5 heterocycles. The number of rotatable bonds is 7. The molecule has 1 saturated heterocycles. The van der Waals surface area contributed by atoms with E-state index in [1.165, 1.54) is 0 Å². The molecule has 13 heteroatoms. The molecule has 1 saturated carbocycles. The van der Waals surface area contributed by atoms with Crippen LogP contribution in [0.2, 0.25) is 5.02 Å². The number of nitrogens with one attached hydrogen (secondary N) is 1. The molecule has 1 aliphatic heterocycles. The van der Waals surface area contributed by atoms with Gasteiger partial charge in [-0.05, 0) is 43.7 Å². The van der Waals surface area contributed by atoms with Crippen molar-refractivity contribution < 1.29 is 18.0 Å². The number of morpholine rings is 1. The maximum atomic E-state index is 13.9. The largest absolute Gasteiger partial charge is 0.439 e. The summed E-state index contributed by atoms with van der Waals surface area (Å²) in [5.74, 6) is -1.57. The molecule has 0 unspecified atom stereocenters. The summed E-state index contributed by atoms with van der Waals surface area (Å²) in [6, 6.07) is 3.53. The molecule has 0 amide bonds. The maximum Gasteiger partial charge on any atom is 0.439 e. The maximum absolute atomic E-state index is 13.9. The van der Waals surface area contributed by atoms with Gasteiger partial charge in [0.2, 0.25) is 17.7 Å². The quantitative estimate of drug-likeness (QED) is 0.298. The predicted octanol–water partition coefficient (Wildman–Crippen LogP) is 5.57. The molecule has 1 aliphatic carbocycles. The van der Waals surface area contributed by atoms with Crippen LogP contribution in [0.3, 0.4) is 0 Å². The number of anilines is 1. The molecule has 0 spiro atoms. The second kappa shape index (κ2) is 11.1. The van der Waals surface area contributed by atoms with Crippen LogP contribution in [-0.4, -0.2) is 61.4 Å². The highest BCUT2D eigenvalue weighted by Gasteiger charge is 2.33. The zero-order chi connectivity index (χ0) is 28.7. The van der Waals surface area contributed by atoms with Crippen LogP contribution in [0, 0.1) is 11.8 Å². The molecule has 1 N–H and O–H groups in total. The van der Waals surface area contributed by atoms with Crippen LogP contribution in [0.1, 0.15) is 46.0 Å². The zero-order valence-corrected chi connectivity index (χ0v) is 23.7. The van der Waals surface area contributed by atoms with E-state index in [4.69, 9.17) is 30.8 Å². The smallest absolute Gasteiger partial charge is 0.374 e. The van der Waals surface area contributed by atoms with Crippen molar-refractivity contribution >= 4 is 28.6 Å². The Bertz CT molecular complexity index is 1590. The average molecular weight is 588 g/mol. The van der Waals surface area contributed by atoms with E-state index in [2.05, 4.69) is 26.6 Å². The van der Waals surface area contributed by atoms with Gasteiger partial charge in [-0.1, -0.05) is 36.5 Å². The molecule has 2 fully saturated rings. The first-order valence-electron chi connectivity index (χ1n) is 14.0. The number of aromatic amines is 1. The lowest BCUT2D eigenvalue weighted by atomic mass is 9.83. The number of alkyl halides is 2. The summed E-state index contributed by atoms with van der Waals surface area (Å²) >= 11 is 6.34. The third-order valence-electron chi connectivity index (χ3n) is 7.95. The van der Waals surface area contributed by atoms with E-state index in [-0.39, 0.29) is 12.2 Å². The summed E-state index contributed by atoms with van der Waals surface area (Å²) in [5, 5.41) is 4.28. The Morgan fingerprint density at radius 3 is 2.68 bits per heavy atom. The van der Waals surface area contributed by atoms with E-state index in [1.807, 2.05) is 4.90 Å². The Balaban J connectivity index is 1.52. The number of aromatic nitrogens is 6. The van der Waals surface area contributed by atoms with E-state index in [1.54, 1.807) is 24.5 Å². The van der Waals surface area contributed by atoms with Crippen LogP contribution >= 0.6 is 11.6 Å². The molecular formula is C28H32ClF2N7O3. The van der Waals surface area contributed by atoms with Gasteiger partial charge in [0.1, 0.15) is 5.69 Å². The van der Waals surface area contributed by atoms with E-state index in [9.17, 15) is 13.6 Å². The fourth-order valence-corrected chi connectivity index (χ4v) is 6.13. The van der Waals surface area contributed by atoms with E-state index >= 15 is 0 Å². The average Bonchev–Trinajstić information content (AvgIpc) is 3.52. The highest BCUT2D eigenvalue weighted by molar-refractivity contribution is 6.30. The van der Waals surface area contributed by atoms with E-state index in [0.717, 1.165) is 38.1 Å². The number of pyridine rings is 2. The normalized spacial score (nSPS) is 22.0. The Hall–Kier alpha value is -3.38. The third-order valence-corrected chi connectivity index (χ3v) is 8.16. The molecule has 41 heavy (non-hydrogen) atoms. The van der Waals surface area contributed by atoms with Crippen molar-refractivity contribution in [2.45, 2.75) is 64.5 Å². The Kier molecular flexibility index (Phi) is 7.54. The van der Waals surface area contributed by atoms with E-state index in [0.29, 0.717) is 71.5 Å². The highest BCUT2D eigenvalue weighted by Crippen LogP contribution is 2.37. The van der Waals surface area contributed by atoms with Crippen molar-refractivity contribution in [3.63, 3.8) is 0 Å². The summed E-state index contributed by atoms with van der Waals surface area (Å²) in [7, 11) is 0. The number of fused-ring (bicyclic) bond motifs is 1. The predicted molar refractivity (Wildman–Crippen MR) is 150 cm³/mol. The molecule has 0 aromatic carbocycles. The monoisotopic (exact) mass is 587 g/mol. The zero-order valence-electron chi connectivity index (χ0n) is 22.9. The van der Waals surface area contributed by atoms with Gasteiger partial charge in [0, 0.05) is 44.0 Å². The molecule has 4 aromatic heterocycles. The summed E-state index contributed by atoms with van der Waals surface area (Å²) < 4.78 is 40.5. The minimum atomic E-state index is -2.84. The van der Waals surface area contributed by atoms with Crippen molar-refractivity contribution in [2.75, 3.05) is 24.6 Å². The lowest BCUT2D eigenvalue weighted by Gasteiger charge is -2.35. The Morgan fingerprint density at radius 1 is 1.17 bits per heavy atom. The van der Waals surface area contributed by atoms with E-state index < -0.39 is 17.8 Å². The number of nitrogens with zero attached hydrogens (tertiary/aromatic N) is 6. The van der Waals surface area contributed by atoms with Gasteiger partial charge in [-0.15, -0.1) is 0 Å². The van der Waals surface area contributed by atoms with Crippen molar-refractivity contribution in [1.29, 1.82) is 0 Å². The number of hydrogen-bond acceptors (Lipinski definition) is 8. The minimum Gasteiger partial charge on any atom is -0.374 e. The van der Waals surface area contributed by atoms with Gasteiger partial charge in [-0.2, -0.15) is 0 Å². The van der Waals surface area contributed by atoms with Crippen LogP contribution in [0.15, 0.2) is 33.8 Å². The van der Waals surface area contributed by atoms with Crippen LogP contribution in [0.4, 0.5) is 14.7 Å². The summed E-state index contributed by atoms with van der Waals surface area (Å²) in [6.45, 7) is 5.03. The second-order valence-electron chi connectivity index (χ2n) is 11.4. The SMILES string of the molecule is CC1CCC(Cn2c(N3CCO[C@H](CC(C)(F)F)C3)nc3cc(-c4noc(=O)[nH]4)nc(-c4cncc(Cl)c4)c32)CC1. The van der Waals surface area contributed by atoms with Crippen molar-refractivity contribution in [3.8, 4) is 22.8 Å². The number of imidazole rings is 1. The first-order chi connectivity index (χ1) is 19.6. The first kappa shape index (κ1) is 27.8. The van der Waals surface area contributed by atoms with Crippen LogP contribution in [0.5, 0.6) is 0 Å².